The van der Waals surface area contributed by atoms with E-state index in [4.69, 9.17) is 22.1 Å². The van der Waals surface area contributed by atoms with Crippen LogP contribution in [0.15, 0.2) is 47.4 Å². The lowest BCUT2D eigenvalue weighted by Crippen LogP contribution is -2.21. The number of ether oxygens (including phenoxy) is 1. The number of thioether (sulfide) groups is 1. The molecule has 0 atom stereocenters. The Morgan fingerprint density at radius 2 is 2.10 bits per heavy atom. The normalized spacial score (nSPS) is 10.2. The van der Waals surface area contributed by atoms with Crippen molar-refractivity contribution in [1.29, 1.82) is 0 Å². The predicted molar refractivity (Wildman–Crippen MR) is 88.2 cm³/mol. The summed E-state index contributed by atoms with van der Waals surface area (Å²) in [5.41, 5.74) is 6.72. The largest absolute Gasteiger partial charge is 0.483 e. The van der Waals surface area contributed by atoms with Crippen LogP contribution in [0.2, 0.25) is 5.02 Å². The molecule has 2 rings (SSSR count). The van der Waals surface area contributed by atoms with Crippen LogP contribution in [0.25, 0.3) is 0 Å². The highest BCUT2D eigenvalue weighted by Gasteiger charge is 2.08. The summed E-state index contributed by atoms with van der Waals surface area (Å²) in [6.07, 6.45) is 1.96. The zero-order valence-electron chi connectivity index (χ0n) is 11.4. The molecule has 2 aromatic carbocycles. The summed E-state index contributed by atoms with van der Waals surface area (Å²) in [6, 6.07) is 12.5. The number of carbonyl (C=O) groups is 1. The highest BCUT2D eigenvalue weighted by atomic mass is 35.5. The van der Waals surface area contributed by atoms with Crippen LogP contribution in [-0.2, 0) is 4.79 Å². The van der Waals surface area contributed by atoms with Crippen molar-refractivity contribution < 1.29 is 9.53 Å². The number of benzene rings is 2. The second kappa shape index (κ2) is 7.24. The molecule has 0 spiro atoms. The maximum atomic E-state index is 11.9. The molecule has 0 aromatic heterocycles. The second-order valence-electron chi connectivity index (χ2n) is 4.22. The first kappa shape index (κ1) is 15.5. The van der Waals surface area contributed by atoms with Crippen molar-refractivity contribution >= 4 is 40.6 Å². The Morgan fingerprint density at radius 1 is 1.33 bits per heavy atom. The van der Waals surface area contributed by atoms with Gasteiger partial charge in [0.15, 0.2) is 6.61 Å². The summed E-state index contributed by atoms with van der Waals surface area (Å²) < 4.78 is 5.53. The zero-order valence-corrected chi connectivity index (χ0v) is 13.0. The van der Waals surface area contributed by atoms with E-state index >= 15 is 0 Å². The topological polar surface area (TPSA) is 64.3 Å². The van der Waals surface area contributed by atoms with Gasteiger partial charge >= 0.3 is 0 Å². The van der Waals surface area contributed by atoms with Crippen molar-refractivity contribution in [3.63, 3.8) is 0 Å². The Morgan fingerprint density at radius 3 is 2.81 bits per heavy atom. The van der Waals surface area contributed by atoms with Crippen molar-refractivity contribution in [2.24, 2.45) is 0 Å². The molecule has 0 aliphatic carbocycles. The summed E-state index contributed by atoms with van der Waals surface area (Å²) in [5, 5.41) is 3.21. The van der Waals surface area contributed by atoms with Gasteiger partial charge in [-0.25, -0.2) is 0 Å². The number of nitrogens with two attached hydrogens (primary N) is 1. The third-order valence-corrected chi connectivity index (χ3v) is 3.73. The van der Waals surface area contributed by atoms with Crippen LogP contribution >= 0.6 is 23.4 Å². The van der Waals surface area contributed by atoms with Crippen molar-refractivity contribution in [3.05, 3.63) is 47.5 Å². The number of hydrogen-bond acceptors (Lipinski definition) is 4. The summed E-state index contributed by atoms with van der Waals surface area (Å²) >= 11 is 7.37. The van der Waals surface area contributed by atoms with Crippen LogP contribution in [-0.4, -0.2) is 18.8 Å². The van der Waals surface area contributed by atoms with E-state index in [2.05, 4.69) is 5.32 Å². The van der Waals surface area contributed by atoms with Crippen LogP contribution in [0.5, 0.6) is 5.75 Å². The van der Waals surface area contributed by atoms with E-state index in [0.29, 0.717) is 22.1 Å². The molecule has 4 nitrogen and oxygen atoms in total. The molecule has 0 aliphatic heterocycles. The molecule has 6 heteroatoms. The van der Waals surface area contributed by atoms with Crippen LogP contribution < -0.4 is 15.8 Å². The maximum absolute atomic E-state index is 11.9. The van der Waals surface area contributed by atoms with E-state index in [0.717, 1.165) is 4.90 Å². The zero-order chi connectivity index (χ0) is 15.2. The van der Waals surface area contributed by atoms with Crippen LogP contribution in [0, 0.1) is 0 Å². The minimum atomic E-state index is -0.278. The molecule has 0 saturated heterocycles. The van der Waals surface area contributed by atoms with Crippen molar-refractivity contribution in [2.75, 3.05) is 23.9 Å². The SMILES string of the molecule is CSc1ccccc1OCC(=O)Nc1ccc(Cl)cc1N. The van der Waals surface area contributed by atoms with Gasteiger partial charge < -0.3 is 15.8 Å². The first-order valence-corrected chi connectivity index (χ1v) is 7.81. The van der Waals surface area contributed by atoms with Crippen molar-refractivity contribution in [2.45, 2.75) is 4.90 Å². The van der Waals surface area contributed by atoms with Gasteiger partial charge in [-0.05, 0) is 36.6 Å². The van der Waals surface area contributed by atoms with E-state index in [1.54, 1.807) is 30.0 Å². The Balaban J connectivity index is 1.96. The quantitative estimate of drug-likeness (QED) is 0.651. The number of nitrogen functional groups attached to an aromatic ring is 1. The van der Waals surface area contributed by atoms with Crippen molar-refractivity contribution in [3.8, 4) is 5.75 Å². The van der Waals surface area contributed by atoms with Crippen LogP contribution in [0.4, 0.5) is 11.4 Å². The minimum absolute atomic E-state index is 0.0837. The Kier molecular flexibility index (Phi) is 5.36. The molecule has 0 aliphatic rings. The third kappa shape index (κ3) is 4.31. The number of rotatable bonds is 5. The molecule has 110 valence electrons. The molecule has 1 amide bonds. The first-order chi connectivity index (χ1) is 10.1. The number of para-hydroxylation sites is 1. The molecule has 0 fully saturated rings. The molecule has 0 heterocycles. The Labute approximate surface area is 132 Å². The Bertz CT molecular complexity index is 649. The lowest BCUT2D eigenvalue weighted by molar-refractivity contribution is -0.118. The van der Waals surface area contributed by atoms with Gasteiger partial charge in [0.05, 0.1) is 11.4 Å². The summed E-state index contributed by atoms with van der Waals surface area (Å²) in [5.74, 6) is 0.407. The van der Waals surface area contributed by atoms with Gasteiger partial charge in [-0.15, -0.1) is 11.8 Å². The highest BCUT2D eigenvalue weighted by Crippen LogP contribution is 2.27. The number of anilines is 2. The van der Waals surface area contributed by atoms with Crippen LogP contribution in [0.3, 0.4) is 0 Å². The van der Waals surface area contributed by atoms with Gasteiger partial charge in [-0.1, -0.05) is 23.7 Å². The lowest BCUT2D eigenvalue weighted by Gasteiger charge is -2.11. The van der Waals surface area contributed by atoms with E-state index < -0.39 is 0 Å². The van der Waals surface area contributed by atoms with E-state index in [-0.39, 0.29) is 12.5 Å². The molecule has 0 bridgehead atoms. The number of halogens is 1. The molecule has 21 heavy (non-hydrogen) atoms. The molecule has 0 radical (unpaired) electrons. The highest BCUT2D eigenvalue weighted by molar-refractivity contribution is 7.98. The number of carbonyl (C=O) groups excluding carboxylic acids is 1. The average molecular weight is 323 g/mol. The van der Waals surface area contributed by atoms with Crippen LogP contribution in [0.1, 0.15) is 0 Å². The summed E-state index contributed by atoms with van der Waals surface area (Å²) in [7, 11) is 0. The second-order valence-corrected chi connectivity index (χ2v) is 5.50. The molecular weight excluding hydrogens is 308 g/mol. The maximum Gasteiger partial charge on any atom is 0.262 e. The molecule has 0 unspecified atom stereocenters. The van der Waals surface area contributed by atoms with Gasteiger partial charge in [-0.2, -0.15) is 0 Å². The molecule has 3 N–H and O–H groups in total. The van der Waals surface area contributed by atoms with Gasteiger partial charge in [0.25, 0.3) is 5.91 Å². The molecule has 0 saturated carbocycles. The fraction of sp³-hybridized carbons (Fsp3) is 0.133. The van der Waals surface area contributed by atoms with E-state index in [1.807, 2.05) is 30.5 Å². The molecular formula is C15H15ClN2O2S. The smallest absolute Gasteiger partial charge is 0.262 e. The standard InChI is InChI=1S/C15H15ClN2O2S/c1-21-14-5-3-2-4-13(14)20-9-15(19)18-12-7-6-10(16)8-11(12)17/h2-8H,9,17H2,1H3,(H,18,19). The third-order valence-electron chi connectivity index (χ3n) is 2.72. The summed E-state index contributed by atoms with van der Waals surface area (Å²) in [6.45, 7) is -0.0837. The van der Waals surface area contributed by atoms with Gasteiger partial charge in [0.1, 0.15) is 5.75 Å². The fourth-order valence-corrected chi connectivity index (χ4v) is 2.44. The number of nitrogens with one attached hydrogen (secondary N) is 1. The number of amides is 1. The molecule has 2 aromatic rings. The van der Waals surface area contributed by atoms with Crippen molar-refractivity contribution in [1.82, 2.24) is 0 Å². The van der Waals surface area contributed by atoms with E-state index in [1.165, 1.54) is 0 Å². The fourth-order valence-electron chi connectivity index (χ4n) is 1.72. The predicted octanol–water partition coefficient (Wildman–Crippen LogP) is 3.66. The van der Waals surface area contributed by atoms with Gasteiger partial charge in [0.2, 0.25) is 0 Å². The van der Waals surface area contributed by atoms with Gasteiger partial charge in [-0.3, -0.25) is 4.79 Å². The first-order valence-electron chi connectivity index (χ1n) is 6.21. The average Bonchev–Trinajstić information content (AvgIpc) is 2.48. The van der Waals surface area contributed by atoms with E-state index in [9.17, 15) is 4.79 Å². The van der Waals surface area contributed by atoms with Gasteiger partial charge in [0, 0.05) is 9.92 Å². The number of hydrogen-bond donors (Lipinski definition) is 2. The lowest BCUT2D eigenvalue weighted by atomic mass is 10.2. The minimum Gasteiger partial charge on any atom is -0.483 e. The Hall–Kier alpha value is -1.85. The summed E-state index contributed by atoms with van der Waals surface area (Å²) in [4.78, 5) is 12.9. The monoisotopic (exact) mass is 322 g/mol.